The maximum absolute atomic E-state index is 12.1. The number of pyridine rings is 1. The number of halogens is 1. The van der Waals surface area contributed by atoms with E-state index in [4.69, 9.17) is 4.74 Å². The molecule has 7 nitrogen and oxygen atoms in total. The minimum absolute atomic E-state index is 0. The van der Waals surface area contributed by atoms with E-state index in [0.717, 1.165) is 5.69 Å². The zero-order valence-corrected chi connectivity index (χ0v) is 19.4. The summed E-state index contributed by atoms with van der Waals surface area (Å²) in [5.74, 6) is -0.823. The molecule has 1 aromatic heterocycles. The molecule has 1 saturated heterocycles. The zero-order chi connectivity index (χ0) is 19.2. The number of ketones is 1. The Morgan fingerprint density at radius 1 is 1.10 bits per heavy atom. The molecular formula is C20H23ClN3NaO4. The first-order chi connectivity index (χ1) is 13.1. The zero-order valence-electron chi connectivity index (χ0n) is 16.6. The number of carboxylic acid groups (broad SMARTS) is 1. The van der Waals surface area contributed by atoms with Gasteiger partial charge >= 0.3 is 35.5 Å². The van der Waals surface area contributed by atoms with Crippen molar-refractivity contribution in [3.05, 3.63) is 54.4 Å². The van der Waals surface area contributed by atoms with Crippen molar-refractivity contribution < 1.29 is 61.4 Å². The van der Waals surface area contributed by atoms with Crippen LogP contribution >= 0.6 is 0 Å². The molecule has 1 N–H and O–H groups in total. The van der Waals surface area contributed by atoms with Crippen LogP contribution in [0.1, 0.15) is 23.7 Å². The standard InChI is InChI=1S/C20H23N3O4.ClH.Na/c1-2-17(24)16-5-3-4-6-18(16)27-19(20(25)26)23-13-11-22(12-14-23)15-7-9-21-10-8-15;;/h3-10,19H,2,11-14H2,1H3,(H,25,26);1H;/q;;+1/p-1. The molecule has 0 bridgehead atoms. The molecule has 1 aliphatic heterocycles. The van der Waals surface area contributed by atoms with Crippen LogP contribution in [-0.2, 0) is 4.79 Å². The summed E-state index contributed by atoms with van der Waals surface area (Å²) in [7, 11) is 0. The number of rotatable bonds is 7. The van der Waals surface area contributed by atoms with Crippen molar-refractivity contribution in [2.45, 2.75) is 19.6 Å². The Bertz CT molecular complexity index is 801. The minimum Gasteiger partial charge on any atom is -1.00 e. The molecule has 29 heavy (non-hydrogen) atoms. The summed E-state index contributed by atoms with van der Waals surface area (Å²) >= 11 is 0. The van der Waals surface area contributed by atoms with E-state index in [9.17, 15) is 14.7 Å². The number of carboxylic acids is 1. The number of aliphatic carboxylic acids is 1. The van der Waals surface area contributed by atoms with Gasteiger partial charge in [0, 0.05) is 50.7 Å². The van der Waals surface area contributed by atoms with E-state index in [1.165, 1.54) is 0 Å². The van der Waals surface area contributed by atoms with Crippen LogP contribution in [0.15, 0.2) is 48.8 Å². The first-order valence-corrected chi connectivity index (χ1v) is 9.01. The average Bonchev–Trinajstić information content (AvgIpc) is 2.72. The topological polar surface area (TPSA) is 83.0 Å². The van der Waals surface area contributed by atoms with Gasteiger partial charge in [0.25, 0.3) is 6.23 Å². The number of aromatic nitrogens is 1. The number of hydrogen-bond donors (Lipinski definition) is 1. The SMILES string of the molecule is CCC(=O)c1ccccc1OC(C(=O)O)N1CCN(c2ccncc2)CC1.[Cl-].[Na+]. The Kier molecular flexibility index (Phi) is 10.6. The van der Waals surface area contributed by atoms with E-state index in [0.29, 0.717) is 43.9 Å². The molecule has 2 aromatic rings. The summed E-state index contributed by atoms with van der Waals surface area (Å²) in [5.41, 5.74) is 1.48. The minimum atomic E-state index is -1.13. The summed E-state index contributed by atoms with van der Waals surface area (Å²) in [6, 6.07) is 10.7. The van der Waals surface area contributed by atoms with Gasteiger partial charge in [-0.05, 0) is 24.3 Å². The molecular weight excluding hydrogens is 405 g/mol. The molecule has 1 aliphatic rings. The molecule has 150 valence electrons. The second-order valence-corrected chi connectivity index (χ2v) is 6.31. The normalized spacial score (nSPS) is 14.9. The fraction of sp³-hybridized carbons (Fsp3) is 0.350. The van der Waals surface area contributed by atoms with E-state index < -0.39 is 12.2 Å². The molecule has 1 unspecified atom stereocenters. The van der Waals surface area contributed by atoms with Crippen LogP contribution in [0.25, 0.3) is 0 Å². The number of ether oxygens (including phenoxy) is 1. The number of Topliss-reactive ketones (excluding diaryl/α,β-unsaturated/α-hetero) is 1. The molecule has 1 atom stereocenters. The number of anilines is 1. The van der Waals surface area contributed by atoms with E-state index in [-0.39, 0.29) is 47.7 Å². The maximum Gasteiger partial charge on any atom is 1.00 e. The quantitative estimate of drug-likeness (QED) is 0.359. The van der Waals surface area contributed by atoms with E-state index in [1.807, 2.05) is 12.1 Å². The van der Waals surface area contributed by atoms with Crippen LogP contribution in [-0.4, -0.2) is 59.1 Å². The fourth-order valence-corrected chi connectivity index (χ4v) is 3.16. The van der Waals surface area contributed by atoms with Gasteiger partial charge in [0.2, 0.25) is 0 Å². The van der Waals surface area contributed by atoms with E-state index in [1.54, 1.807) is 48.5 Å². The summed E-state index contributed by atoms with van der Waals surface area (Å²) in [6.07, 6.45) is 2.69. The summed E-state index contributed by atoms with van der Waals surface area (Å²) in [6.45, 7) is 4.23. The Morgan fingerprint density at radius 2 is 1.72 bits per heavy atom. The Labute approximate surface area is 198 Å². The molecule has 0 radical (unpaired) electrons. The predicted octanol–water partition coefficient (Wildman–Crippen LogP) is -3.71. The number of hydrogen-bond acceptors (Lipinski definition) is 6. The van der Waals surface area contributed by atoms with Gasteiger partial charge in [0.15, 0.2) is 5.78 Å². The first-order valence-electron chi connectivity index (χ1n) is 9.01. The van der Waals surface area contributed by atoms with Crippen molar-refractivity contribution in [1.82, 2.24) is 9.88 Å². The van der Waals surface area contributed by atoms with Gasteiger partial charge in [-0.15, -0.1) is 0 Å². The first kappa shape index (κ1) is 25.4. The van der Waals surface area contributed by atoms with Crippen LogP contribution in [0.2, 0.25) is 0 Å². The maximum atomic E-state index is 12.1. The van der Waals surface area contributed by atoms with Crippen molar-refractivity contribution in [3.8, 4) is 5.75 Å². The van der Waals surface area contributed by atoms with Gasteiger partial charge in [-0.25, -0.2) is 4.79 Å². The van der Waals surface area contributed by atoms with Crippen LogP contribution in [0.3, 0.4) is 0 Å². The number of piperazine rings is 1. The van der Waals surface area contributed by atoms with Gasteiger partial charge < -0.3 is 27.2 Å². The number of nitrogens with zero attached hydrogens (tertiary/aromatic N) is 3. The molecule has 3 rings (SSSR count). The Hall–Kier alpha value is -1.64. The Morgan fingerprint density at radius 3 is 2.31 bits per heavy atom. The summed E-state index contributed by atoms with van der Waals surface area (Å²) in [4.78, 5) is 31.9. The van der Waals surface area contributed by atoms with Crippen LogP contribution < -0.4 is 51.6 Å². The predicted molar refractivity (Wildman–Crippen MR) is 101 cm³/mol. The van der Waals surface area contributed by atoms with Gasteiger partial charge in [0.05, 0.1) is 5.56 Å². The van der Waals surface area contributed by atoms with Gasteiger partial charge in [0.1, 0.15) is 5.75 Å². The number of carbonyl (C=O) groups is 2. The van der Waals surface area contributed by atoms with Crippen molar-refractivity contribution >= 4 is 17.4 Å². The third-order valence-corrected chi connectivity index (χ3v) is 4.63. The third-order valence-electron chi connectivity index (χ3n) is 4.63. The molecule has 0 aliphatic carbocycles. The molecule has 1 fully saturated rings. The van der Waals surface area contributed by atoms with Crippen molar-refractivity contribution in [1.29, 1.82) is 0 Å². The largest absolute Gasteiger partial charge is 1.00 e. The number of benzene rings is 1. The van der Waals surface area contributed by atoms with E-state index in [2.05, 4.69) is 9.88 Å². The van der Waals surface area contributed by atoms with Crippen LogP contribution in [0.5, 0.6) is 5.75 Å². The van der Waals surface area contributed by atoms with Crippen molar-refractivity contribution in [2.75, 3.05) is 31.1 Å². The molecule has 0 saturated carbocycles. The molecule has 2 heterocycles. The van der Waals surface area contributed by atoms with Gasteiger partial charge in [-0.1, -0.05) is 19.1 Å². The summed E-state index contributed by atoms with van der Waals surface area (Å²) < 4.78 is 5.79. The second kappa shape index (κ2) is 12.1. The molecule has 0 amide bonds. The molecule has 9 heteroatoms. The fourth-order valence-electron chi connectivity index (χ4n) is 3.16. The van der Waals surface area contributed by atoms with Crippen LogP contribution in [0.4, 0.5) is 5.69 Å². The number of para-hydroxylation sites is 1. The summed E-state index contributed by atoms with van der Waals surface area (Å²) in [5, 5.41) is 9.68. The average molecular weight is 428 g/mol. The van der Waals surface area contributed by atoms with Crippen molar-refractivity contribution in [2.24, 2.45) is 0 Å². The number of carbonyl (C=O) groups excluding carboxylic acids is 1. The van der Waals surface area contributed by atoms with E-state index >= 15 is 0 Å². The third kappa shape index (κ3) is 6.42. The Balaban J connectivity index is 0.00000210. The smallest absolute Gasteiger partial charge is 1.00 e. The van der Waals surface area contributed by atoms with Gasteiger partial charge in [-0.3, -0.25) is 14.7 Å². The molecule has 1 aromatic carbocycles. The monoisotopic (exact) mass is 427 g/mol. The molecule has 0 spiro atoms. The van der Waals surface area contributed by atoms with Crippen molar-refractivity contribution in [3.63, 3.8) is 0 Å². The van der Waals surface area contributed by atoms with Gasteiger partial charge in [-0.2, -0.15) is 0 Å². The van der Waals surface area contributed by atoms with Crippen LogP contribution in [0, 0.1) is 0 Å². The second-order valence-electron chi connectivity index (χ2n) is 6.31.